The molecule has 7 rings (SSSR count). The maximum atomic E-state index is 13.0. The Bertz CT molecular complexity index is 3240. The molecule has 52 nitrogen and oxygen atoms in total. The molecule has 0 aromatic carbocycles. The van der Waals surface area contributed by atoms with E-state index in [1.807, 2.05) is 0 Å². The molecule has 98 heavy (non-hydrogen) atoms. The Hall–Kier alpha value is -3.76. The summed E-state index contributed by atoms with van der Waals surface area (Å²) in [6.07, 6.45) is -83.2. The second-order valence-electron chi connectivity index (χ2n) is 22.1. The minimum Gasteiger partial charge on any atom is -0.479 e. The predicted molar refractivity (Wildman–Crippen MR) is 282 cm³/mol. The third-order valence-corrected chi connectivity index (χ3v) is 17.7. The number of hydrogen-bond acceptors (Lipinski definition) is 41. The summed E-state index contributed by atoms with van der Waals surface area (Å²) < 4.78 is 216. The van der Waals surface area contributed by atoms with Crippen LogP contribution >= 0.6 is 0 Å². The lowest BCUT2D eigenvalue weighted by Crippen LogP contribution is -2.71. The number of nitrogens with one attached hydrogen (secondary N) is 3. The highest BCUT2D eigenvalue weighted by Crippen LogP contribution is 2.39. The van der Waals surface area contributed by atoms with Gasteiger partial charge in [-0.25, -0.2) is 23.4 Å². The maximum Gasteiger partial charge on any atom is 0.397 e. The first-order valence-corrected chi connectivity index (χ1v) is 33.2. The molecule has 0 aromatic rings. The van der Waals surface area contributed by atoms with Crippen LogP contribution in [0, 0.1) is 0 Å². The number of carboxylic acid groups (broad SMARTS) is 4. The van der Waals surface area contributed by atoms with Crippen molar-refractivity contribution in [2.75, 3.05) is 19.8 Å². The summed E-state index contributed by atoms with van der Waals surface area (Å²) in [6.45, 7) is -4.41. The van der Waals surface area contributed by atoms with Crippen molar-refractivity contribution in [1.82, 2.24) is 14.2 Å². The van der Waals surface area contributed by atoms with E-state index in [9.17, 15) is 168 Å². The zero-order valence-corrected chi connectivity index (χ0v) is 51.6. The first-order chi connectivity index (χ1) is 45.2. The molecular weight excluding hydrogens is 1460 g/mol. The van der Waals surface area contributed by atoms with Gasteiger partial charge in [0.05, 0.1) is 19.8 Å². The van der Waals surface area contributed by atoms with E-state index in [0.717, 1.165) is 0 Å². The summed E-state index contributed by atoms with van der Waals surface area (Å²) in [5.41, 5.74) is 0. The average Bonchev–Trinajstić information content (AvgIpc) is 0.767. The molecule has 568 valence electrons. The highest BCUT2D eigenvalue weighted by molar-refractivity contribution is 7.84. The van der Waals surface area contributed by atoms with Crippen LogP contribution in [0.25, 0.3) is 0 Å². The first kappa shape index (κ1) is 81.5. The van der Waals surface area contributed by atoms with Gasteiger partial charge in [-0.05, 0) is 0 Å². The van der Waals surface area contributed by atoms with E-state index < -0.39 is 300 Å². The number of carbonyl (C=O) groups is 4. The Labute approximate surface area is 546 Å². The monoisotopic (exact) mass is 1530 g/mol. The van der Waals surface area contributed by atoms with Crippen LogP contribution in [0.1, 0.15) is 0 Å². The summed E-state index contributed by atoms with van der Waals surface area (Å²) in [7, 11) is -23.1. The van der Waals surface area contributed by atoms with Crippen LogP contribution in [0.4, 0.5) is 0 Å². The average molecular weight is 1530 g/mol. The van der Waals surface area contributed by atoms with Crippen LogP contribution in [0.2, 0.25) is 0 Å². The van der Waals surface area contributed by atoms with Crippen molar-refractivity contribution in [2.45, 2.75) is 215 Å². The summed E-state index contributed by atoms with van der Waals surface area (Å²) in [4.78, 5) is 49.6. The lowest BCUT2D eigenvalue weighted by molar-refractivity contribution is -0.379. The van der Waals surface area contributed by atoms with Gasteiger partial charge in [0, 0.05) is 0 Å². The number of aliphatic hydroxyl groups is 15. The molecule has 7 aliphatic heterocycles. The van der Waals surface area contributed by atoms with E-state index in [4.69, 9.17) is 61.6 Å². The van der Waals surface area contributed by atoms with E-state index in [1.165, 1.54) is 14.2 Å². The fourth-order valence-corrected chi connectivity index (χ4v) is 13.3. The topological polar surface area (TPSA) is 835 Å². The molecule has 0 amide bonds. The van der Waals surface area contributed by atoms with Gasteiger partial charge in [0.2, 0.25) is 0 Å². The van der Waals surface area contributed by atoms with Gasteiger partial charge in [0.1, 0.15) is 140 Å². The molecule has 0 saturated carbocycles. The van der Waals surface area contributed by atoms with Gasteiger partial charge >= 0.3 is 65.2 Å². The molecule has 0 aliphatic carbocycles. The molecule has 7 saturated heterocycles. The molecular formula is C42H67N3O49S4. The summed E-state index contributed by atoms with van der Waals surface area (Å²) >= 11 is 0. The third kappa shape index (κ3) is 18.8. The molecule has 35 atom stereocenters. The van der Waals surface area contributed by atoms with E-state index in [1.54, 1.807) is 0 Å². The van der Waals surface area contributed by atoms with Crippen LogP contribution in [0.3, 0.4) is 0 Å². The molecule has 7 fully saturated rings. The first-order valence-electron chi connectivity index (χ1n) is 27.5. The molecule has 0 unspecified atom stereocenters. The number of aliphatic carboxylic acids is 4. The summed E-state index contributed by atoms with van der Waals surface area (Å²) in [5, 5.41) is 202. The van der Waals surface area contributed by atoms with Crippen molar-refractivity contribution in [1.29, 1.82) is 0 Å². The third-order valence-electron chi connectivity index (χ3n) is 15.6. The highest BCUT2D eigenvalue weighted by atomic mass is 32.3. The highest BCUT2D eigenvalue weighted by Gasteiger charge is 2.62. The standard InChI is InChI=1S/C42H67N3O49S4/c46-1-4-21(85-40-18(57)13(52)14(53)27(91-40)32(60)61)10(49)7(43-95(69,70)71)38(81-4)89-25-16(55)19(58)41(92-30(25)34(64)65)86-22-5(2-47)82-39(8(11(22)50)44-96(72,73)74)90-26-20(59)28(94-98(78,79)80)42(93-31(26)35(66)67)87-23-6(3-48)83-37(9(12(23)51)45-97(75,76)77)88-24-15(54)17(56)36(68)84-29(24)33(62)63/h4-31,36-59,68H,1-3H2,(H,60,61)(H,62,63)(H,64,65)(H,66,67)(H,69,70,71)(H,72,73,74)(H,75,76,77)(H,78,79,80)/t4-,5-,6-,7-,8-,9-,10-,11-,12-,13+,14+,15-,16-,17-,18-,19-,20+,21-,22-,23-,24+,25+,26+,27+,28-,29+,30+,31-,36-,37-,38-,39-,40-,41-,42-/m1/s1. The molecule has 0 radical (unpaired) electrons. The Kier molecular flexibility index (Phi) is 26.7. The van der Waals surface area contributed by atoms with Crippen molar-refractivity contribution >= 4 is 65.2 Å². The van der Waals surface area contributed by atoms with Gasteiger partial charge in [-0.15, -0.1) is 0 Å². The second-order valence-corrected chi connectivity index (χ2v) is 26.7. The van der Waals surface area contributed by atoms with Gasteiger partial charge < -0.3 is 159 Å². The number of hydrogen-bond donors (Lipinski definition) is 26. The minimum atomic E-state index is -6.05. The van der Waals surface area contributed by atoms with Crippen molar-refractivity contribution in [2.24, 2.45) is 0 Å². The fraction of sp³-hybridized carbons (Fsp3) is 0.905. The van der Waals surface area contributed by atoms with Gasteiger partial charge in [-0.1, -0.05) is 0 Å². The smallest absolute Gasteiger partial charge is 0.397 e. The molecule has 7 heterocycles. The largest absolute Gasteiger partial charge is 0.479 e. The van der Waals surface area contributed by atoms with E-state index >= 15 is 0 Å². The quantitative estimate of drug-likeness (QED) is 0.0340. The number of aliphatic hydroxyl groups excluding tert-OH is 15. The fourth-order valence-electron chi connectivity index (χ4n) is 11.1. The molecule has 0 aromatic heterocycles. The Morgan fingerprint density at radius 3 is 0.918 bits per heavy atom. The lowest BCUT2D eigenvalue weighted by Gasteiger charge is -2.50. The second kappa shape index (κ2) is 32.1. The summed E-state index contributed by atoms with van der Waals surface area (Å²) in [6, 6.07) is -7.96. The molecule has 7 aliphatic rings. The van der Waals surface area contributed by atoms with Crippen LogP contribution in [-0.4, -0.2) is 407 Å². The zero-order valence-electron chi connectivity index (χ0n) is 48.4. The lowest BCUT2D eigenvalue weighted by atomic mass is 9.94. The van der Waals surface area contributed by atoms with Crippen molar-refractivity contribution in [3.05, 3.63) is 0 Å². The number of carboxylic acids is 4. The zero-order chi connectivity index (χ0) is 73.7. The van der Waals surface area contributed by atoms with Crippen molar-refractivity contribution in [3.8, 4) is 0 Å². The van der Waals surface area contributed by atoms with Gasteiger partial charge in [-0.3, -0.25) is 18.2 Å². The van der Waals surface area contributed by atoms with Gasteiger partial charge in [0.15, 0.2) is 74.6 Å². The molecule has 56 heteroatoms. The molecule has 0 bridgehead atoms. The van der Waals surface area contributed by atoms with Crippen LogP contribution in [-0.2, 0) is 126 Å². The maximum absolute atomic E-state index is 13.0. The minimum absolute atomic E-state index is 1.31. The van der Waals surface area contributed by atoms with Crippen LogP contribution in [0.5, 0.6) is 0 Å². The molecule has 0 spiro atoms. The van der Waals surface area contributed by atoms with Crippen molar-refractivity contribution < 1.29 is 234 Å². The number of ether oxygens (including phenoxy) is 13. The van der Waals surface area contributed by atoms with E-state index in [-0.39, 0.29) is 0 Å². The Morgan fingerprint density at radius 1 is 0.306 bits per heavy atom. The van der Waals surface area contributed by atoms with E-state index in [0.29, 0.717) is 0 Å². The van der Waals surface area contributed by atoms with Crippen molar-refractivity contribution in [3.63, 3.8) is 0 Å². The Balaban J connectivity index is 1.13. The van der Waals surface area contributed by atoms with Crippen LogP contribution < -0.4 is 14.2 Å². The summed E-state index contributed by atoms with van der Waals surface area (Å²) in [5.74, 6) is -8.58. The SMILES string of the molecule is O=C(O)[C@H]1O[C@@H](O[C@H]2[C@H](O)[C@@H](NS(=O)(=O)O)[C@@H](O[C@H]3[C@H](O)[C@@H](O)[C@H](O[C@H]4[C@H](O)[C@@H](NS(=O)(=O)O)[C@@H](O[C@H]5[C@H](O)[C@@H](OS(=O)(=O)O)[C@H](O[C@H]6[C@H](O)[C@@H](NS(=O)(=O)O)[C@@H](O[C@H]7[C@H](O)[C@@H](O)[C@H](O)O[C@@H]7C(=O)O)O[C@@H]6CO)O[C@H]5C(=O)O)O[C@@H]4CO)O[C@@H]3C(=O)O)O[C@@H]2CO)[C@H](O)[C@@H](O)[C@@H]1O. The van der Waals surface area contributed by atoms with E-state index in [2.05, 4.69) is 4.18 Å². The van der Waals surface area contributed by atoms with Crippen LogP contribution in [0.15, 0.2) is 0 Å². The predicted octanol–water partition coefficient (Wildman–Crippen LogP) is -17.9. The van der Waals surface area contributed by atoms with Gasteiger partial charge in [-0.2, -0.15) is 47.8 Å². The normalized spacial score (nSPS) is 45.5. The number of rotatable bonds is 27. The van der Waals surface area contributed by atoms with Gasteiger partial charge in [0.25, 0.3) is 0 Å². The molecule has 26 N–H and O–H groups in total. The Morgan fingerprint density at radius 2 is 0.592 bits per heavy atom.